The van der Waals surface area contributed by atoms with E-state index in [1.54, 1.807) is 30.5 Å². The molecule has 0 aliphatic heterocycles. The third-order valence-corrected chi connectivity index (χ3v) is 4.93. The molecule has 3 rings (SSSR count). The zero-order valence-corrected chi connectivity index (χ0v) is 20.0. The molecule has 2 N–H and O–H groups in total. The van der Waals surface area contributed by atoms with Gasteiger partial charge in [-0.25, -0.2) is 4.98 Å². The van der Waals surface area contributed by atoms with Crippen molar-refractivity contribution in [3.63, 3.8) is 0 Å². The normalized spacial score (nSPS) is 11.8. The molecule has 0 radical (unpaired) electrons. The summed E-state index contributed by atoms with van der Waals surface area (Å²) in [5.41, 5.74) is 5.77. The predicted molar refractivity (Wildman–Crippen MR) is 128 cm³/mol. The number of carbonyl (C=O) groups excluding carboxylic acids is 1. The van der Waals surface area contributed by atoms with E-state index in [1.165, 1.54) is 4.68 Å². The van der Waals surface area contributed by atoms with E-state index in [-0.39, 0.29) is 12.2 Å². The van der Waals surface area contributed by atoms with E-state index in [0.29, 0.717) is 40.4 Å². The number of ether oxygens (including phenoxy) is 2. The van der Waals surface area contributed by atoms with Crippen molar-refractivity contribution in [3.8, 4) is 11.5 Å². The molecule has 3 aromatic rings. The minimum Gasteiger partial charge on any atom is -0.490 e. The summed E-state index contributed by atoms with van der Waals surface area (Å²) in [6.07, 6.45) is 1.56. The second-order valence-corrected chi connectivity index (χ2v) is 9.02. The maximum atomic E-state index is 13.2. The Morgan fingerprint density at radius 1 is 1.19 bits per heavy atom. The molecule has 0 atom stereocenters. The van der Waals surface area contributed by atoms with Crippen LogP contribution in [-0.4, -0.2) is 35.0 Å². The maximum Gasteiger partial charge on any atom is 0.282 e. The van der Waals surface area contributed by atoms with Gasteiger partial charge in [0, 0.05) is 9.89 Å². The Morgan fingerprint density at radius 2 is 1.94 bits per heavy atom. The van der Waals surface area contributed by atoms with E-state index >= 15 is 0 Å². The number of rotatable bonds is 7. The minimum absolute atomic E-state index is 0.254. The number of nitrogens with two attached hydrogens (primary N) is 1. The molecule has 168 valence electrons. The lowest BCUT2D eigenvalue weighted by Gasteiger charge is -2.20. The summed E-state index contributed by atoms with van der Waals surface area (Å²) in [5, 5.41) is 4.93. The highest BCUT2D eigenvalue weighted by atomic mass is 79.9. The summed E-state index contributed by atoms with van der Waals surface area (Å²) in [4.78, 5) is 29.0. The van der Waals surface area contributed by atoms with Crippen LogP contribution in [0.1, 0.15) is 39.1 Å². The van der Waals surface area contributed by atoms with E-state index in [9.17, 15) is 9.59 Å². The molecular formula is C23H25BrN4O4. The van der Waals surface area contributed by atoms with E-state index in [0.717, 1.165) is 4.47 Å². The van der Waals surface area contributed by atoms with Gasteiger partial charge in [-0.1, -0.05) is 36.7 Å². The summed E-state index contributed by atoms with van der Waals surface area (Å²) in [7, 11) is 0. The molecule has 1 amide bonds. The quantitative estimate of drug-likeness (QED) is 0.498. The fourth-order valence-corrected chi connectivity index (χ4v) is 3.37. The van der Waals surface area contributed by atoms with E-state index in [4.69, 9.17) is 20.2 Å². The van der Waals surface area contributed by atoms with Gasteiger partial charge in [-0.2, -0.15) is 9.78 Å². The Labute approximate surface area is 194 Å². The first-order valence-corrected chi connectivity index (χ1v) is 10.8. The number of nitrogens with zero attached hydrogens (tertiary/aromatic N) is 3. The van der Waals surface area contributed by atoms with Crippen molar-refractivity contribution in [2.45, 2.75) is 33.1 Å². The summed E-state index contributed by atoms with van der Waals surface area (Å²) < 4.78 is 13.1. The van der Waals surface area contributed by atoms with Gasteiger partial charge < -0.3 is 15.2 Å². The third-order valence-electron chi connectivity index (χ3n) is 4.44. The van der Waals surface area contributed by atoms with Crippen LogP contribution in [0, 0.1) is 0 Å². The highest BCUT2D eigenvalue weighted by molar-refractivity contribution is 9.10. The summed E-state index contributed by atoms with van der Waals surface area (Å²) >= 11 is 3.41. The summed E-state index contributed by atoms with van der Waals surface area (Å²) in [5.74, 6) is 0.803. The number of benzene rings is 2. The van der Waals surface area contributed by atoms with Gasteiger partial charge in [-0.3, -0.25) is 9.59 Å². The van der Waals surface area contributed by atoms with Crippen LogP contribution < -0.4 is 20.8 Å². The van der Waals surface area contributed by atoms with Crippen molar-refractivity contribution in [1.82, 2.24) is 9.66 Å². The highest BCUT2D eigenvalue weighted by Crippen LogP contribution is 2.28. The van der Waals surface area contributed by atoms with Crippen molar-refractivity contribution in [3.05, 3.63) is 62.6 Å². The van der Waals surface area contributed by atoms with Gasteiger partial charge in [0.05, 0.1) is 23.7 Å². The molecule has 0 unspecified atom stereocenters. The van der Waals surface area contributed by atoms with Crippen LogP contribution in [0.3, 0.4) is 0 Å². The Kier molecular flexibility index (Phi) is 6.98. The van der Waals surface area contributed by atoms with E-state index in [1.807, 2.05) is 39.8 Å². The average Bonchev–Trinajstić information content (AvgIpc) is 2.72. The number of amides is 1. The molecular weight excluding hydrogens is 476 g/mol. The van der Waals surface area contributed by atoms with Crippen molar-refractivity contribution in [1.29, 1.82) is 0 Å². The summed E-state index contributed by atoms with van der Waals surface area (Å²) in [6, 6.07) is 10.5. The standard InChI is InChI=1S/C23H25BrN4O4/c1-5-31-19-10-14(6-9-18(19)32-13-20(25)29)12-26-28-21(30)16-11-15(24)7-8-17(16)27-22(28)23(2,3)4/h6-12H,5,13H2,1-4H3,(H2,25,29). The monoisotopic (exact) mass is 500 g/mol. The van der Waals surface area contributed by atoms with Crippen molar-refractivity contribution < 1.29 is 14.3 Å². The van der Waals surface area contributed by atoms with E-state index < -0.39 is 11.3 Å². The number of primary amides is 1. The molecule has 1 heterocycles. The second-order valence-electron chi connectivity index (χ2n) is 8.10. The topological polar surface area (TPSA) is 109 Å². The van der Waals surface area contributed by atoms with Crippen LogP contribution in [0.5, 0.6) is 11.5 Å². The Balaban J connectivity index is 2.07. The molecule has 0 saturated heterocycles. The zero-order valence-electron chi connectivity index (χ0n) is 18.4. The van der Waals surface area contributed by atoms with Gasteiger partial charge in [0.25, 0.3) is 11.5 Å². The largest absolute Gasteiger partial charge is 0.490 e. The number of carbonyl (C=O) groups is 1. The molecule has 1 aromatic heterocycles. The van der Waals surface area contributed by atoms with Crippen LogP contribution in [0.2, 0.25) is 0 Å². The van der Waals surface area contributed by atoms with Crippen LogP contribution in [-0.2, 0) is 10.2 Å². The zero-order chi connectivity index (χ0) is 23.5. The minimum atomic E-state index is -0.581. The Morgan fingerprint density at radius 3 is 2.59 bits per heavy atom. The molecule has 0 aliphatic carbocycles. The first kappa shape index (κ1) is 23.5. The van der Waals surface area contributed by atoms with Gasteiger partial charge >= 0.3 is 0 Å². The van der Waals surface area contributed by atoms with Crippen LogP contribution in [0.15, 0.2) is 50.8 Å². The van der Waals surface area contributed by atoms with Crippen LogP contribution in [0.25, 0.3) is 10.9 Å². The molecule has 0 spiro atoms. The molecule has 2 aromatic carbocycles. The van der Waals surface area contributed by atoms with Gasteiger partial charge in [-0.15, -0.1) is 0 Å². The second kappa shape index (κ2) is 9.52. The van der Waals surface area contributed by atoms with Gasteiger partial charge in [0.15, 0.2) is 18.1 Å². The van der Waals surface area contributed by atoms with Crippen molar-refractivity contribution in [2.75, 3.05) is 13.2 Å². The van der Waals surface area contributed by atoms with Crippen molar-refractivity contribution in [2.24, 2.45) is 10.8 Å². The summed E-state index contributed by atoms with van der Waals surface area (Å²) in [6.45, 7) is 7.92. The lowest BCUT2D eigenvalue weighted by molar-refractivity contribution is -0.119. The highest BCUT2D eigenvalue weighted by Gasteiger charge is 2.23. The predicted octanol–water partition coefficient (Wildman–Crippen LogP) is 3.60. The molecule has 0 aliphatic rings. The molecule has 0 saturated carbocycles. The Bertz CT molecular complexity index is 1250. The first-order chi connectivity index (χ1) is 15.1. The van der Waals surface area contributed by atoms with Crippen LogP contribution in [0.4, 0.5) is 0 Å². The fourth-order valence-electron chi connectivity index (χ4n) is 3.01. The van der Waals surface area contributed by atoms with Gasteiger partial charge in [-0.05, 0) is 48.9 Å². The first-order valence-electron chi connectivity index (χ1n) is 10.0. The number of fused-ring (bicyclic) bond motifs is 1. The number of hydrogen-bond acceptors (Lipinski definition) is 6. The van der Waals surface area contributed by atoms with Gasteiger partial charge in [0.2, 0.25) is 0 Å². The number of hydrogen-bond donors (Lipinski definition) is 1. The smallest absolute Gasteiger partial charge is 0.282 e. The molecule has 0 bridgehead atoms. The lowest BCUT2D eigenvalue weighted by atomic mass is 9.95. The number of aromatic nitrogens is 2. The molecule has 0 fully saturated rings. The number of halogens is 1. The van der Waals surface area contributed by atoms with Crippen LogP contribution >= 0.6 is 15.9 Å². The van der Waals surface area contributed by atoms with E-state index in [2.05, 4.69) is 21.0 Å². The average molecular weight is 501 g/mol. The maximum absolute atomic E-state index is 13.2. The third kappa shape index (κ3) is 5.34. The lowest BCUT2D eigenvalue weighted by Crippen LogP contribution is -2.29. The molecule has 32 heavy (non-hydrogen) atoms. The molecule has 8 nitrogen and oxygen atoms in total. The van der Waals surface area contributed by atoms with Gasteiger partial charge in [0.1, 0.15) is 5.82 Å². The SMILES string of the molecule is CCOc1cc(C=Nn2c(C(C)(C)C)nc3ccc(Br)cc3c2=O)ccc1OCC(N)=O. The Hall–Kier alpha value is -3.20. The van der Waals surface area contributed by atoms with Crippen molar-refractivity contribution >= 4 is 39.0 Å². The fraction of sp³-hybridized carbons (Fsp3) is 0.304. The molecule has 9 heteroatoms.